The van der Waals surface area contributed by atoms with Gasteiger partial charge in [0.2, 0.25) is 0 Å². The van der Waals surface area contributed by atoms with E-state index in [0.29, 0.717) is 11.1 Å². The van der Waals surface area contributed by atoms with Crippen molar-refractivity contribution < 1.29 is 0 Å². The second-order valence-corrected chi connectivity index (χ2v) is 4.84. The van der Waals surface area contributed by atoms with Gasteiger partial charge in [-0.05, 0) is 37.5 Å². The Morgan fingerprint density at radius 1 is 1.31 bits per heavy atom. The van der Waals surface area contributed by atoms with E-state index in [-0.39, 0.29) is 0 Å². The summed E-state index contributed by atoms with van der Waals surface area (Å²) in [5.74, 6) is 1.85. The zero-order chi connectivity index (χ0) is 9.26. The normalized spacial score (nSPS) is 24.1. The summed E-state index contributed by atoms with van der Waals surface area (Å²) >= 11 is 11.3. The van der Waals surface area contributed by atoms with Crippen LogP contribution in [0.3, 0.4) is 0 Å². The van der Waals surface area contributed by atoms with Crippen LogP contribution in [0.5, 0.6) is 0 Å². The summed E-state index contributed by atoms with van der Waals surface area (Å²) in [5, 5.41) is 4.23. The first-order chi connectivity index (χ1) is 6.31. The molecule has 0 radical (unpaired) electrons. The van der Waals surface area contributed by atoms with E-state index in [1.54, 1.807) is 0 Å². The molecule has 0 aromatic heterocycles. The topological polar surface area (TPSA) is 12.0 Å². The Morgan fingerprint density at radius 2 is 1.85 bits per heavy atom. The van der Waals surface area contributed by atoms with E-state index in [0.717, 1.165) is 18.4 Å². The highest BCUT2D eigenvalue weighted by Crippen LogP contribution is 2.44. The molecule has 0 spiro atoms. The van der Waals surface area contributed by atoms with Crippen molar-refractivity contribution in [3.05, 3.63) is 10.6 Å². The van der Waals surface area contributed by atoms with Gasteiger partial charge in [0.1, 0.15) is 0 Å². The summed E-state index contributed by atoms with van der Waals surface area (Å²) in [6, 6.07) is 0.713. The van der Waals surface area contributed by atoms with E-state index >= 15 is 0 Å². The van der Waals surface area contributed by atoms with Crippen LogP contribution in [0.25, 0.3) is 0 Å². The number of rotatable bonds is 5. The first-order valence-corrected chi connectivity index (χ1v) is 5.81. The molecule has 2 aliphatic rings. The molecule has 2 rings (SSSR count). The Balaban J connectivity index is 1.76. The third kappa shape index (κ3) is 2.87. The molecule has 0 amide bonds. The molecule has 2 fully saturated rings. The maximum Gasteiger partial charge on any atom is 0.0432 e. The lowest BCUT2D eigenvalue weighted by molar-refractivity contribution is 0.434. The molecular formula is C10H15Cl2N. The summed E-state index contributed by atoms with van der Waals surface area (Å²) in [6.45, 7) is 0.739. The molecule has 0 aromatic carbocycles. The number of halogens is 2. The Morgan fingerprint density at radius 3 is 2.23 bits per heavy atom. The van der Waals surface area contributed by atoms with E-state index in [1.807, 2.05) is 0 Å². The minimum Gasteiger partial charge on any atom is -0.308 e. The molecule has 0 aromatic rings. The van der Waals surface area contributed by atoms with Crippen LogP contribution in [-0.4, -0.2) is 12.6 Å². The van der Waals surface area contributed by atoms with Gasteiger partial charge in [0, 0.05) is 23.2 Å². The van der Waals surface area contributed by atoms with Gasteiger partial charge in [-0.2, -0.15) is 0 Å². The van der Waals surface area contributed by atoms with Crippen LogP contribution in [0, 0.1) is 11.8 Å². The molecule has 3 heteroatoms. The van der Waals surface area contributed by atoms with E-state index < -0.39 is 0 Å². The zero-order valence-corrected chi connectivity index (χ0v) is 9.11. The van der Waals surface area contributed by atoms with Gasteiger partial charge >= 0.3 is 0 Å². The standard InChI is InChI=1S/C10H15Cl2N/c11-5-9(12)6-13-10(7-1-2-7)8-3-4-8/h5,7-8,10,13H,1-4,6H2. The molecule has 74 valence electrons. The molecule has 13 heavy (non-hydrogen) atoms. The van der Waals surface area contributed by atoms with Crippen LogP contribution in [-0.2, 0) is 0 Å². The predicted molar refractivity (Wildman–Crippen MR) is 57.0 cm³/mol. The Labute approximate surface area is 89.5 Å². The fourth-order valence-electron chi connectivity index (χ4n) is 1.88. The van der Waals surface area contributed by atoms with Crippen molar-refractivity contribution in [1.29, 1.82) is 0 Å². The van der Waals surface area contributed by atoms with Crippen molar-refractivity contribution in [2.45, 2.75) is 31.7 Å². The second-order valence-electron chi connectivity index (χ2n) is 4.14. The molecular weight excluding hydrogens is 205 g/mol. The largest absolute Gasteiger partial charge is 0.308 e. The highest BCUT2D eigenvalue weighted by Gasteiger charge is 2.40. The van der Waals surface area contributed by atoms with Crippen LogP contribution in [0.15, 0.2) is 10.6 Å². The van der Waals surface area contributed by atoms with Crippen molar-refractivity contribution in [2.24, 2.45) is 11.8 Å². The third-order valence-corrected chi connectivity index (χ3v) is 3.50. The Hall–Kier alpha value is 0.280. The SMILES string of the molecule is ClC=C(Cl)CNC(C1CC1)C1CC1. The molecule has 0 atom stereocenters. The molecule has 0 heterocycles. The lowest BCUT2D eigenvalue weighted by Gasteiger charge is -2.16. The first-order valence-electron chi connectivity index (χ1n) is 4.99. The van der Waals surface area contributed by atoms with Crippen LogP contribution in [0.2, 0.25) is 0 Å². The van der Waals surface area contributed by atoms with Gasteiger partial charge in [0.25, 0.3) is 0 Å². The Bertz CT molecular complexity index is 195. The van der Waals surface area contributed by atoms with Gasteiger partial charge in [-0.3, -0.25) is 0 Å². The quantitative estimate of drug-likeness (QED) is 0.750. The van der Waals surface area contributed by atoms with E-state index in [9.17, 15) is 0 Å². The van der Waals surface area contributed by atoms with Gasteiger partial charge in [-0.15, -0.1) is 0 Å². The molecule has 1 nitrogen and oxygen atoms in total. The lowest BCUT2D eigenvalue weighted by Crippen LogP contribution is -2.33. The van der Waals surface area contributed by atoms with Gasteiger partial charge in [-0.1, -0.05) is 23.2 Å². The van der Waals surface area contributed by atoms with Crippen LogP contribution < -0.4 is 5.32 Å². The molecule has 0 unspecified atom stereocenters. The summed E-state index contributed by atoms with van der Waals surface area (Å²) in [4.78, 5) is 0. The third-order valence-electron chi connectivity index (χ3n) is 2.88. The minimum absolute atomic E-state index is 0.713. The van der Waals surface area contributed by atoms with Crippen molar-refractivity contribution in [3.63, 3.8) is 0 Å². The van der Waals surface area contributed by atoms with Gasteiger partial charge in [0.15, 0.2) is 0 Å². The Kier molecular flexibility index (Phi) is 3.18. The summed E-state index contributed by atoms with van der Waals surface area (Å²) in [5.41, 5.74) is 1.45. The van der Waals surface area contributed by atoms with Gasteiger partial charge < -0.3 is 5.32 Å². The fourth-order valence-corrected chi connectivity index (χ4v) is 2.04. The second kappa shape index (κ2) is 4.20. The van der Waals surface area contributed by atoms with Crippen molar-refractivity contribution in [3.8, 4) is 0 Å². The summed E-state index contributed by atoms with van der Waals surface area (Å²) < 4.78 is 0. The van der Waals surface area contributed by atoms with Crippen LogP contribution in [0.4, 0.5) is 0 Å². The van der Waals surface area contributed by atoms with E-state index in [2.05, 4.69) is 5.32 Å². The van der Waals surface area contributed by atoms with Gasteiger partial charge in [0.05, 0.1) is 0 Å². The molecule has 0 saturated heterocycles. The zero-order valence-electron chi connectivity index (χ0n) is 7.60. The van der Waals surface area contributed by atoms with Crippen LogP contribution >= 0.6 is 23.2 Å². The van der Waals surface area contributed by atoms with E-state index in [4.69, 9.17) is 23.2 Å². The average molecular weight is 220 g/mol. The van der Waals surface area contributed by atoms with Crippen molar-refractivity contribution in [2.75, 3.05) is 6.54 Å². The fraction of sp³-hybridized carbons (Fsp3) is 0.800. The maximum absolute atomic E-state index is 5.83. The average Bonchev–Trinajstić information content (AvgIpc) is 2.98. The molecule has 0 bridgehead atoms. The predicted octanol–water partition coefficient (Wildman–Crippen LogP) is 3.08. The summed E-state index contributed by atoms with van der Waals surface area (Å²) in [7, 11) is 0. The first kappa shape index (κ1) is 9.82. The molecule has 1 N–H and O–H groups in total. The van der Waals surface area contributed by atoms with E-state index in [1.165, 1.54) is 31.2 Å². The van der Waals surface area contributed by atoms with Gasteiger partial charge in [-0.25, -0.2) is 0 Å². The van der Waals surface area contributed by atoms with Crippen molar-refractivity contribution in [1.82, 2.24) is 5.32 Å². The minimum atomic E-state index is 0.713. The maximum atomic E-state index is 5.83. The smallest absolute Gasteiger partial charge is 0.0432 e. The molecule has 2 aliphatic carbocycles. The highest BCUT2D eigenvalue weighted by atomic mass is 35.5. The number of hydrogen-bond acceptors (Lipinski definition) is 1. The molecule has 0 aliphatic heterocycles. The van der Waals surface area contributed by atoms with Crippen molar-refractivity contribution >= 4 is 23.2 Å². The number of nitrogens with one attached hydrogen (secondary N) is 1. The molecule has 2 saturated carbocycles. The highest BCUT2D eigenvalue weighted by molar-refractivity contribution is 6.36. The lowest BCUT2D eigenvalue weighted by atomic mass is 10.1. The monoisotopic (exact) mass is 219 g/mol. The van der Waals surface area contributed by atoms with Crippen LogP contribution in [0.1, 0.15) is 25.7 Å². The summed E-state index contributed by atoms with van der Waals surface area (Å²) in [6.07, 6.45) is 5.60. The number of hydrogen-bond donors (Lipinski definition) is 1.